The van der Waals surface area contributed by atoms with Gasteiger partial charge in [-0.3, -0.25) is 9.59 Å². The Morgan fingerprint density at radius 2 is 1.92 bits per heavy atom. The molecule has 2 aromatic rings. The van der Waals surface area contributed by atoms with Crippen molar-refractivity contribution in [1.29, 1.82) is 0 Å². The second-order valence-corrected chi connectivity index (χ2v) is 6.52. The minimum atomic E-state index is -0.313. The van der Waals surface area contributed by atoms with Crippen LogP contribution < -0.4 is 10.7 Å². The number of rotatable bonds is 5. The van der Waals surface area contributed by atoms with Crippen molar-refractivity contribution in [2.45, 2.75) is 39.0 Å². The number of nitrogens with one attached hydrogen (secondary N) is 2. The van der Waals surface area contributed by atoms with Crippen LogP contribution in [0.5, 0.6) is 0 Å². The van der Waals surface area contributed by atoms with Crippen molar-refractivity contribution in [2.75, 3.05) is 5.32 Å². The van der Waals surface area contributed by atoms with E-state index in [4.69, 9.17) is 4.42 Å². The first-order valence-corrected chi connectivity index (χ1v) is 8.93. The minimum Gasteiger partial charge on any atom is -0.459 e. The lowest BCUT2D eigenvalue weighted by Gasteiger charge is -2.19. The Morgan fingerprint density at radius 3 is 2.65 bits per heavy atom. The smallest absolute Gasteiger partial charge is 0.291 e. The number of carbonyl (C=O) groups is 2. The van der Waals surface area contributed by atoms with Gasteiger partial charge in [-0.15, -0.1) is 0 Å². The predicted molar refractivity (Wildman–Crippen MR) is 100 cm³/mol. The van der Waals surface area contributed by atoms with Gasteiger partial charge in [-0.05, 0) is 49.6 Å². The summed E-state index contributed by atoms with van der Waals surface area (Å²) in [6, 6.07) is 10.6. The zero-order valence-electron chi connectivity index (χ0n) is 14.8. The third kappa shape index (κ3) is 4.59. The highest BCUT2D eigenvalue weighted by Crippen LogP contribution is 2.23. The van der Waals surface area contributed by atoms with Crippen molar-refractivity contribution in [1.82, 2.24) is 5.43 Å². The molecule has 0 unspecified atom stereocenters. The maximum atomic E-state index is 12.2. The van der Waals surface area contributed by atoms with E-state index >= 15 is 0 Å². The summed E-state index contributed by atoms with van der Waals surface area (Å²) in [6.07, 6.45) is 6.76. The molecule has 2 N–H and O–H groups in total. The lowest BCUT2D eigenvalue weighted by Crippen LogP contribution is -2.29. The largest absolute Gasteiger partial charge is 0.459 e. The molecule has 1 aromatic carbocycles. The first-order valence-electron chi connectivity index (χ1n) is 8.93. The van der Waals surface area contributed by atoms with Gasteiger partial charge < -0.3 is 9.73 Å². The standard InChI is InChI=1S/C20H23N3O3/c1-14(22-23-19(24)15-7-3-2-4-8-15)16-9-5-10-17(13-16)21-20(25)18-11-6-12-26-18/h5-6,9-13,15H,2-4,7-8H2,1H3,(H,21,25)(H,23,24). The van der Waals surface area contributed by atoms with Crippen LogP contribution in [0.2, 0.25) is 0 Å². The zero-order chi connectivity index (χ0) is 18.4. The predicted octanol–water partition coefficient (Wildman–Crippen LogP) is 3.95. The van der Waals surface area contributed by atoms with Crippen LogP contribution in [0.25, 0.3) is 0 Å². The number of hydrazone groups is 1. The molecule has 1 heterocycles. The van der Waals surface area contributed by atoms with E-state index in [1.165, 1.54) is 12.7 Å². The van der Waals surface area contributed by atoms with Gasteiger partial charge in [-0.1, -0.05) is 31.4 Å². The van der Waals surface area contributed by atoms with Crippen LogP contribution in [0, 0.1) is 5.92 Å². The molecule has 1 fully saturated rings. The maximum Gasteiger partial charge on any atom is 0.291 e. The average Bonchev–Trinajstić information content (AvgIpc) is 3.22. The second-order valence-electron chi connectivity index (χ2n) is 6.52. The lowest BCUT2D eigenvalue weighted by atomic mass is 9.89. The van der Waals surface area contributed by atoms with Crippen molar-refractivity contribution in [3.63, 3.8) is 0 Å². The Hall–Kier alpha value is -2.89. The van der Waals surface area contributed by atoms with Gasteiger partial charge in [0, 0.05) is 11.6 Å². The van der Waals surface area contributed by atoms with Crippen LogP contribution in [0.1, 0.15) is 55.1 Å². The molecule has 0 radical (unpaired) electrons. The summed E-state index contributed by atoms with van der Waals surface area (Å²) >= 11 is 0. The van der Waals surface area contributed by atoms with Crippen LogP contribution in [0.4, 0.5) is 5.69 Å². The fraction of sp³-hybridized carbons (Fsp3) is 0.350. The Kier molecular flexibility index (Phi) is 5.84. The summed E-state index contributed by atoms with van der Waals surface area (Å²) in [7, 11) is 0. The van der Waals surface area contributed by atoms with Crippen molar-refractivity contribution in [3.8, 4) is 0 Å². The van der Waals surface area contributed by atoms with Crippen molar-refractivity contribution < 1.29 is 14.0 Å². The van der Waals surface area contributed by atoms with Crippen molar-refractivity contribution >= 4 is 23.2 Å². The first kappa shape index (κ1) is 17.9. The molecule has 0 spiro atoms. The number of carbonyl (C=O) groups excluding carboxylic acids is 2. The fourth-order valence-corrected chi connectivity index (χ4v) is 3.08. The average molecular weight is 353 g/mol. The van der Waals surface area contributed by atoms with Crippen LogP contribution in [-0.2, 0) is 4.79 Å². The van der Waals surface area contributed by atoms with E-state index in [1.54, 1.807) is 18.2 Å². The van der Waals surface area contributed by atoms with Crippen LogP contribution in [0.3, 0.4) is 0 Å². The summed E-state index contributed by atoms with van der Waals surface area (Å²) in [5, 5.41) is 7.01. The highest BCUT2D eigenvalue weighted by atomic mass is 16.3. The fourth-order valence-electron chi connectivity index (χ4n) is 3.08. The van der Waals surface area contributed by atoms with E-state index < -0.39 is 0 Å². The molecule has 1 aromatic heterocycles. The molecule has 136 valence electrons. The highest BCUT2D eigenvalue weighted by Gasteiger charge is 2.20. The van der Waals surface area contributed by atoms with Gasteiger partial charge in [0.25, 0.3) is 5.91 Å². The van der Waals surface area contributed by atoms with E-state index in [9.17, 15) is 9.59 Å². The molecule has 1 saturated carbocycles. The van der Waals surface area contributed by atoms with Crippen LogP contribution in [-0.4, -0.2) is 17.5 Å². The Bertz CT molecular complexity index is 790. The minimum absolute atomic E-state index is 0.00803. The van der Waals surface area contributed by atoms with E-state index in [-0.39, 0.29) is 23.5 Å². The summed E-state index contributed by atoms with van der Waals surface area (Å²) in [4.78, 5) is 24.2. The number of benzene rings is 1. The molecule has 0 atom stereocenters. The number of nitrogens with zero attached hydrogens (tertiary/aromatic N) is 1. The van der Waals surface area contributed by atoms with Gasteiger partial charge in [0.15, 0.2) is 5.76 Å². The maximum absolute atomic E-state index is 12.2. The molecule has 0 aliphatic heterocycles. The number of amides is 2. The molecule has 1 aliphatic rings. The molecule has 6 heteroatoms. The molecule has 2 amide bonds. The van der Waals surface area contributed by atoms with E-state index in [2.05, 4.69) is 15.8 Å². The van der Waals surface area contributed by atoms with Gasteiger partial charge in [0.1, 0.15) is 0 Å². The van der Waals surface area contributed by atoms with E-state index in [1.807, 2.05) is 25.1 Å². The molecule has 26 heavy (non-hydrogen) atoms. The molecule has 3 rings (SSSR count). The molecular weight excluding hydrogens is 330 g/mol. The third-order valence-electron chi connectivity index (χ3n) is 4.59. The first-order chi connectivity index (χ1) is 12.6. The molecular formula is C20H23N3O3. The summed E-state index contributed by atoms with van der Waals surface area (Å²) in [5.74, 6) is -0.00146. The van der Waals surface area contributed by atoms with Gasteiger partial charge >= 0.3 is 0 Å². The molecule has 6 nitrogen and oxygen atoms in total. The summed E-state index contributed by atoms with van der Waals surface area (Å²) in [5.41, 5.74) is 4.82. The molecule has 1 aliphatic carbocycles. The topological polar surface area (TPSA) is 83.7 Å². The molecule has 0 saturated heterocycles. The van der Waals surface area contributed by atoms with E-state index in [0.29, 0.717) is 11.4 Å². The number of hydrogen-bond acceptors (Lipinski definition) is 4. The number of furan rings is 1. The molecule has 0 bridgehead atoms. The quantitative estimate of drug-likeness (QED) is 0.630. The zero-order valence-corrected chi connectivity index (χ0v) is 14.8. The summed E-state index contributed by atoms with van der Waals surface area (Å²) < 4.78 is 5.08. The lowest BCUT2D eigenvalue weighted by molar-refractivity contribution is -0.125. The Balaban J connectivity index is 1.62. The second kappa shape index (κ2) is 8.47. The van der Waals surface area contributed by atoms with E-state index in [0.717, 1.165) is 31.2 Å². The van der Waals surface area contributed by atoms with Gasteiger partial charge in [-0.25, -0.2) is 5.43 Å². The number of hydrogen-bond donors (Lipinski definition) is 2. The van der Waals surface area contributed by atoms with Crippen molar-refractivity contribution in [3.05, 3.63) is 54.0 Å². The number of anilines is 1. The van der Waals surface area contributed by atoms with Gasteiger partial charge in [-0.2, -0.15) is 5.10 Å². The van der Waals surface area contributed by atoms with Crippen LogP contribution in [0.15, 0.2) is 52.2 Å². The van der Waals surface area contributed by atoms with Gasteiger partial charge in [0.05, 0.1) is 12.0 Å². The SMILES string of the molecule is CC(=NNC(=O)C1CCCCC1)c1cccc(NC(=O)c2ccco2)c1. The van der Waals surface area contributed by atoms with Gasteiger partial charge in [0.2, 0.25) is 5.91 Å². The van der Waals surface area contributed by atoms with Crippen LogP contribution >= 0.6 is 0 Å². The highest BCUT2D eigenvalue weighted by molar-refractivity contribution is 6.04. The summed E-state index contributed by atoms with van der Waals surface area (Å²) in [6.45, 7) is 1.83. The normalized spacial score (nSPS) is 15.5. The Labute approximate surface area is 152 Å². The Morgan fingerprint density at radius 1 is 1.12 bits per heavy atom. The van der Waals surface area contributed by atoms with Crippen molar-refractivity contribution in [2.24, 2.45) is 11.0 Å². The third-order valence-corrected chi connectivity index (χ3v) is 4.59. The monoisotopic (exact) mass is 353 g/mol.